The van der Waals surface area contributed by atoms with E-state index in [0.717, 1.165) is 0 Å². The Morgan fingerprint density at radius 1 is 1.52 bits per heavy atom. The fourth-order valence-electron chi connectivity index (χ4n) is 1.74. The number of nitrogens with two attached hydrogens (primary N) is 1. The summed E-state index contributed by atoms with van der Waals surface area (Å²) in [6, 6.07) is 3.11. The summed E-state index contributed by atoms with van der Waals surface area (Å²) in [6.45, 7) is 4.47. The van der Waals surface area contributed by atoms with Gasteiger partial charge < -0.3 is 15.8 Å². The molecule has 7 heteroatoms. The number of nitrogen functional groups attached to an aromatic ring is 1. The zero-order valence-electron chi connectivity index (χ0n) is 12.4. The third kappa shape index (κ3) is 5.21. The van der Waals surface area contributed by atoms with Crippen LogP contribution in [0.15, 0.2) is 12.1 Å². The van der Waals surface area contributed by atoms with Gasteiger partial charge in [0, 0.05) is 34.5 Å². The van der Waals surface area contributed by atoms with E-state index < -0.39 is 16.8 Å². The summed E-state index contributed by atoms with van der Waals surface area (Å²) in [6.07, 6.45) is 2.37. The molecular formula is C14H21ClN2O3S. The van der Waals surface area contributed by atoms with Gasteiger partial charge in [0.05, 0.1) is 22.9 Å². The van der Waals surface area contributed by atoms with Crippen molar-refractivity contribution < 1.29 is 13.7 Å². The summed E-state index contributed by atoms with van der Waals surface area (Å²) >= 11 is 6.15. The Bertz CT molecular complexity index is 537. The van der Waals surface area contributed by atoms with Crippen molar-refractivity contribution in [2.24, 2.45) is 0 Å². The highest BCUT2D eigenvalue weighted by Gasteiger charge is 2.17. The van der Waals surface area contributed by atoms with Crippen LogP contribution in [0.1, 0.15) is 30.6 Å². The maximum atomic E-state index is 12.0. The van der Waals surface area contributed by atoms with Crippen LogP contribution >= 0.6 is 11.6 Å². The first-order valence-electron chi connectivity index (χ1n) is 6.69. The molecule has 1 rings (SSSR count). The molecule has 0 amide bonds. The van der Waals surface area contributed by atoms with Crippen LogP contribution in [0, 0.1) is 0 Å². The number of ether oxygens (including phenoxy) is 1. The smallest absolute Gasteiger partial charge is 0.340 e. The SMILES string of the molecule is CCOC(=O)c1cc(N)cc(Cl)c1NCCC(C)S(C)=O. The van der Waals surface area contributed by atoms with Crippen LogP contribution in [-0.4, -0.2) is 34.8 Å². The number of carbonyl (C=O) groups excluding carboxylic acids is 1. The Morgan fingerprint density at radius 2 is 2.19 bits per heavy atom. The highest BCUT2D eigenvalue weighted by atomic mass is 35.5. The van der Waals surface area contributed by atoms with Crippen LogP contribution in [0.3, 0.4) is 0 Å². The molecule has 0 aliphatic rings. The van der Waals surface area contributed by atoms with E-state index in [-0.39, 0.29) is 11.9 Å². The number of hydrogen-bond acceptors (Lipinski definition) is 5. The van der Waals surface area contributed by atoms with Crippen LogP contribution < -0.4 is 11.1 Å². The summed E-state index contributed by atoms with van der Waals surface area (Å²) in [7, 11) is -0.879. The van der Waals surface area contributed by atoms with Crippen molar-refractivity contribution in [3.63, 3.8) is 0 Å². The first-order valence-corrected chi connectivity index (χ1v) is 8.69. The Hall–Kier alpha value is -1.27. The summed E-state index contributed by atoms with van der Waals surface area (Å²) < 4.78 is 16.3. The van der Waals surface area contributed by atoms with Crippen molar-refractivity contribution in [1.82, 2.24) is 0 Å². The minimum atomic E-state index is -0.879. The molecule has 0 bridgehead atoms. The molecule has 2 atom stereocenters. The van der Waals surface area contributed by atoms with Crippen molar-refractivity contribution in [1.29, 1.82) is 0 Å². The molecular weight excluding hydrogens is 312 g/mol. The van der Waals surface area contributed by atoms with E-state index in [1.165, 1.54) is 6.07 Å². The maximum absolute atomic E-state index is 12.0. The Labute approximate surface area is 132 Å². The highest BCUT2D eigenvalue weighted by Crippen LogP contribution is 2.30. The van der Waals surface area contributed by atoms with Gasteiger partial charge in [-0.25, -0.2) is 4.79 Å². The summed E-state index contributed by atoms with van der Waals surface area (Å²) in [5.41, 5.74) is 6.93. The van der Waals surface area contributed by atoms with E-state index in [0.29, 0.717) is 34.9 Å². The van der Waals surface area contributed by atoms with Crippen molar-refractivity contribution in [2.45, 2.75) is 25.5 Å². The highest BCUT2D eigenvalue weighted by molar-refractivity contribution is 7.84. The van der Waals surface area contributed by atoms with Crippen molar-refractivity contribution in [3.8, 4) is 0 Å². The molecule has 0 aromatic heterocycles. The minimum Gasteiger partial charge on any atom is -0.462 e. The summed E-state index contributed by atoms with van der Waals surface area (Å²) in [5, 5.41) is 3.54. The number of rotatable bonds is 7. The lowest BCUT2D eigenvalue weighted by Crippen LogP contribution is -2.17. The first kappa shape index (κ1) is 17.8. The monoisotopic (exact) mass is 332 g/mol. The summed E-state index contributed by atoms with van der Waals surface area (Å²) in [5.74, 6) is -0.471. The molecule has 21 heavy (non-hydrogen) atoms. The molecule has 0 saturated heterocycles. The van der Waals surface area contributed by atoms with E-state index in [4.69, 9.17) is 22.1 Å². The number of nitrogens with one attached hydrogen (secondary N) is 1. The average Bonchev–Trinajstić information content (AvgIpc) is 2.40. The zero-order valence-corrected chi connectivity index (χ0v) is 14.0. The predicted octanol–water partition coefficient (Wildman–Crippen LogP) is 2.67. The van der Waals surface area contributed by atoms with E-state index in [1.54, 1.807) is 19.2 Å². The lowest BCUT2D eigenvalue weighted by Gasteiger charge is -2.15. The third-order valence-corrected chi connectivity index (χ3v) is 4.69. The molecule has 2 unspecified atom stereocenters. The van der Waals surface area contributed by atoms with E-state index in [2.05, 4.69) is 5.32 Å². The largest absolute Gasteiger partial charge is 0.462 e. The van der Waals surface area contributed by atoms with Crippen LogP contribution in [0.25, 0.3) is 0 Å². The normalized spacial score (nSPS) is 13.5. The quantitative estimate of drug-likeness (QED) is 0.592. The van der Waals surface area contributed by atoms with Gasteiger partial charge >= 0.3 is 5.97 Å². The van der Waals surface area contributed by atoms with Gasteiger partial charge in [-0.3, -0.25) is 4.21 Å². The van der Waals surface area contributed by atoms with E-state index in [1.807, 2.05) is 6.92 Å². The number of anilines is 2. The number of benzene rings is 1. The fraction of sp³-hybridized carbons (Fsp3) is 0.500. The molecule has 1 aromatic rings. The van der Waals surface area contributed by atoms with Crippen LogP contribution in [0.2, 0.25) is 5.02 Å². The van der Waals surface area contributed by atoms with Crippen molar-refractivity contribution in [3.05, 3.63) is 22.7 Å². The van der Waals surface area contributed by atoms with E-state index in [9.17, 15) is 9.00 Å². The van der Waals surface area contributed by atoms with E-state index >= 15 is 0 Å². The molecule has 0 fully saturated rings. The number of halogens is 1. The molecule has 3 N–H and O–H groups in total. The Kier molecular flexibility index (Phi) is 6.98. The summed E-state index contributed by atoms with van der Waals surface area (Å²) in [4.78, 5) is 12.0. The van der Waals surface area contributed by atoms with Gasteiger partial charge in [0.1, 0.15) is 0 Å². The maximum Gasteiger partial charge on any atom is 0.340 e. The van der Waals surface area contributed by atoms with Crippen LogP contribution in [0.4, 0.5) is 11.4 Å². The number of esters is 1. The molecule has 1 aromatic carbocycles. The third-order valence-electron chi connectivity index (χ3n) is 3.03. The molecule has 0 aliphatic carbocycles. The van der Waals surface area contributed by atoms with Crippen LogP contribution in [0.5, 0.6) is 0 Å². The second-order valence-corrected chi connectivity index (χ2v) is 6.88. The lowest BCUT2D eigenvalue weighted by atomic mass is 10.1. The van der Waals surface area contributed by atoms with Gasteiger partial charge in [-0.05, 0) is 25.5 Å². The lowest BCUT2D eigenvalue weighted by molar-refractivity contribution is 0.0527. The second kappa shape index (κ2) is 8.24. The van der Waals surface area contributed by atoms with Gasteiger partial charge in [-0.15, -0.1) is 0 Å². The second-order valence-electron chi connectivity index (χ2n) is 4.67. The zero-order chi connectivity index (χ0) is 16.0. The molecule has 0 aliphatic heterocycles. The Balaban J connectivity index is 2.89. The molecule has 0 radical (unpaired) electrons. The predicted molar refractivity (Wildman–Crippen MR) is 88.5 cm³/mol. The first-order chi connectivity index (χ1) is 9.86. The van der Waals surface area contributed by atoms with Gasteiger partial charge in [-0.1, -0.05) is 18.5 Å². The standard InChI is InChI=1S/C14H21ClN2O3S/c1-4-20-14(18)11-7-10(16)8-12(15)13(11)17-6-5-9(2)21(3)19/h7-9,17H,4-6,16H2,1-3H3. The fourth-order valence-corrected chi connectivity index (χ4v) is 2.49. The molecule has 5 nitrogen and oxygen atoms in total. The molecule has 118 valence electrons. The number of hydrogen-bond donors (Lipinski definition) is 2. The molecule has 0 spiro atoms. The van der Waals surface area contributed by atoms with Crippen molar-refractivity contribution >= 4 is 39.7 Å². The molecule has 0 saturated carbocycles. The average molecular weight is 333 g/mol. The number of carbonyl (C=O) groups is 1. The van der Waals surface area contributed by atoms with Crippen LogP contribution in [-0.2, 0) is 15.5 Å². The van der Waals surface area contributed by atoms with Gasteiger partial charge in [0.25, 0.3) is 0 Å². The van der Waals surface area contributed by atoms with Gasteiger partial charge in [-0.2, -0.15) is 0 Å². The molecule has 0 heterocycles. The minimum absolute atomic E-state index is 0.0658. The van der Waals surface area contributed by atoms with Gasteiger partial charge in [0.15, 0.2) is 0 Å². The van der Waals surface area contributed by atoms with Crippen molar-refractivity contribution in [2.75, 3.05) is 30.5 Å². The van der Waals surface area contributed by atoms with Gasteiger partial charge in [0.2, 0.25) is 0 Å². The topological polar surface area (TPSA) is 81.4 Å². The Morgan fingerprint density at radius 3 is 2.76 bits per heavy atom.